The van der Waals surface area contributed by atoms with Crippen LogP contribution in [-0.4, -0.2) is 32.6 Å². The van der Waals surface area contributed by atoms with Crippen molar-refractivity contribution in [2.45, 2.75) is 19.6 Å². The number of benzene rings is 1. The average molecular weight is 295 g/mol. The highest BCUT2D eigenvalue weighted by atomic mass is 16.5. The van der Waals surface area contributed by atoms with Gasteiger partial charge >= 0.3 is 0 Å². The molecule has 1 aliphatic heterocycles. The summed E-state index contributed by atoms with van der Waals surface area (Å²) in [4.78, 5) is 15.6. The van der Waals surface area contributed by atoms with Gasteiger partial charge in [-0.2, -0.15) is 4.98 Å². The number of nitrogens with zero attached hydrogens (tertiary/aromatic N) is 5. The van der Waals surface area contributed by atoms with E-state index in [0.29, 0.717) is 6.73 Å². The molecule has 3 heterocycles. The lowest BCUT2D eigenvalue weighted by Crippen LogP contribution is -2.20. The van der Waals surface area contributed by atoms with Gasteiger partial charge in [0.15, 0.2) is 12.4 Å². The molecule has 112 valence electrons. The van der Waals surface area contributed by atoms with Crippen molar-refractivity contribution in [1.29, 1.82) is 0 Å². The van der Waals surface area contributed by atoms with E-state index < -0.39 is 0 Å². The molecule has 4 rings (SSSR count). The molecule has 0 atom stereocenters. The van der Waals surface area contributed by atoms with Crippen molar-refractivity contribution >= 4 is 17.1 Å². The van der Waals surface area contributed by atoms with Crippen LogP contribution in [0.25, 0.3) is 11.2 Å². The van der Waals surface area contributed by atoms with Crippen molar-refractivity contribution in [3.63, 3.8) is 0 Å². The van der Waals surface area contributed by atoms with E-state index in [1.54, 1.807) is 12.5 Å². The molecule has 0 spiro atoms. The zero-order valence-electron chi connectivity index (χ0n) is 12.2. The second kappa shape index (κ2) is 5.63. The molecule has 0 bridgehead atoms. The third-order valence-electron chi connectivity index (χ3n) is 3.85. The molecular formula is C16H17N5O. The van der Waals surface area contributed by atoms with Crippen molar-refractivity contribution in [2.75, 3.05) is 18.0 Å². The standard InChI is InChI=1S/C16H17N5O/c1-2-6-13(7-3-1)22-12-21-11-18-14-10-17-16(19-15(14)21)20-8-4-5-9-20/h1-3,6-7,10-11H,4-5,8-9,12H2. The maximum Gasteiger partial charge on any atom is 0.227 e. The summed E-state index contributed by atoms with van der Waals surface area (Å²) in [5, 5.41) is 0. The van der Waals surface area contributed by atoms with Gasteiger partial charge < -0.3 is 9.64 Å². The van der Waals surface area contributed by atoms with Crippen molar-refractivity contribution in [1.82, 2.24) is 19.5 Å². The molecule has 6 nitrogen and oxygen atoms in total. The first-order chi connectivity index (χ1) is 10.9. The normalized spacial score (nSPS) is 14.6. The highest BCUT2D eigenvalue weighted by Crippen LogP contribution is 2.19. The van der Waals surface area contributed by atoms with Gasteiger partial charge in [0, 0.05) is 13.1 Å². The Morgan fingerprint density at radius 3 is 2.68 bits per heavy atom. The molecule has 6 heteroatoms. The van der Waals surface area contributed by atoms with Gasteiger partial charge in [0.05, 0.1) is 12.5 Å². The lowest BCUT2D eigenvalue weighted by atomic mass is 10.3. The van der Waals surface area contributed by atoms with Crippen LogP contribution in [-0.2, 0) is 6.73 Å². The molecule has 0 aliphatic carbocycles. The Bertz CT molecular complexity index is 765. The first kappa shape index (κ1) is 13.1. The summed E-state index contributed by atoms with van der Waals surface area (Å²) >= 11 is 0. The summed E-state index contributed by atoms with van der Waals surface area (Å²) in [5.41, 5.74) is 1.60. The minimum atomic E-state index is 0.386. The van der Waals surface area contributed by atoms with Crippen LogP contribution in [0.15, 0.2) is 42.9 Å². The van der Waals surface area contributed by atoms with Gasteiger partial charge in [-0.15, -0.1) is 0 Å². The highest BCUT2D eigenvalue weighted by molar-refractivity contribution is 5.71. The van der Waals surface area contributed by atoms with Crippen LogP contribution >= 0.6 is 0 Å². The van der Waals surface area contributed by atoms with E-state index in [1.165, 1.54) is 12.8 Å². The second-order valence-corrected chi connectivity index (χ2v) is 5.37. The summed E-state index contributed by atoms with van der Waals surface area (Å²) in [6.07, 6.45) is 5.95. The molecule has 0 saturated carbocycles. The third-order valence-corrected chi connectivity index (χ3v) is 3.85. The molecule has 1 aromatic carbocycles. The van der Waals surface area contributed by atoms with Crippen LogP contribution in [0.4, 0.5) is 5.95 Å². The first-order valence-electron chi connectivity index (χ1n) is 7.51. The largest absolute Gasteiger partial charge is 0.473 e. The van der Waals surface area contributed by atoms with Crippen LogP contribution in [0, 0.1) is 0 Å². The monoisotopic (exact) mass is 295 g/mol. The number of para-hydroxylation sites is 1. The third kappa shape index (κ3) is 2.47. The van der Waals surface area contributed by atoms with Crippen molar-refractivity contribution in [3.05, 3.63) is 42.9 Å². The molecule has 1 saturated heterocycles. The zero-order chi connectivity index (χ0) is 14.8. The van der Waals surface area contributed by atoms with Gasteiger partial charge in [0.25, 0.3) is 0 Å². The van der Waals surface area contributed by atoms with Gasteiger partial charge in [0.1, 0.15) is 11.3 Å². The summed E-state index contributed by atoms with van der Waals surface area (Å²) in [6.45, 7) is 2.44. The smallest absolute Gasteiger partial charge is 0.227 e. The molecule has 1 aliphatic rings. The first-order valence-corrected chi connectivity index (χ1v) is 7.51. The predicted octanol–water partition coefficient (Wildman–Crippen LogP) is 2.46. The molecule has 0 amide bonds. The predicted molar refractivity (Wildman–Crippen MR) is 83.8 cm³/mol. The molecule has 3 aromatic rings. The Hall–Kier alpha value is -2.63. The molecule has 2 aromatic heterocycles. The van der Waals surface area contributed by atoms with Crippen molar-refractivity contribution in [2.24, 2.45) is 0 Å². The maximum absolute atomic E-state index is 5.77. The molecule has 0 radical (unpaired) electrons. The molecular weight excluding hydrogens is 278 g/mol. The minimum Gasteiger partial charge on any atom is -0.473 e. The van der Waals surface area contributed by atoms with Crippen LogP contribution in [0.2, 0.25) is 0 Å². The van der Waals surface area contributed by atoms with E-state index in [2.05, 4.69) is 19.9 Å². The van der Waals surface area contributed by atoms with Crippen molar-refractivity contribution in [3.8, 4) is 5.75 Å². The zero-order valence-corrected chi connectivity index (χ0v) is 12.2. The second-order valence-electron chi connectivity index (χ2n) is 5.37. The van der Waals surface area contributed by atoms with Crippen LogP contribution in [0.3, 0.4) is 0 Å². The van der Waals surface area contributed by atoms with E-state index in [1.807, 2.05) is 34.9 Å². The quantitative estimate of drug-likeness (QED) is 0.740. The number of rotatable bonds is 4. The van der Waals surface area contributed by atoms with E-state index >= 15 is 0 Å². The van der Waals surface area contributed by atoms with Gasteiger partial charge in [-0.3, -0.25) is 4.57 Å². The Morgan fingerprint density at radius 1 is 1.05 bits per heavy atom. The molecule has 0 unspecified atom stereocenters. The van der Waals surface area contributed by atoms with Crippen LogP contribution in [0.1, 0.15) is 12.8 Å². The van der Waals surface area contributed by atoms with Crippen LogP contribution in [0.5, 0.6) is 5.75 Å². The number of fused-ring (bicyclic) bond motifs is 1. The highest BCUT2D eigenvalue weighted by Gasteiger charge is 2.16. The minimum absolute atomic E-state index is 0.386. The number of aromatic nitrogens is 4. The topological polar surface area (TPSA) is 56.1 Å². The van der Waals surface area contributed by atoms with Gasteiger partial charge in [-0.25, -0.2) is 9.97 Å². The molecule has 22 heavy (non-hydrogen) atoms. The number of ether oxygens (including phenoxy) is 1. The lowest BCUT2D eigenvalue weighted by Gasteiger charge is -2.14. The number of hydrogen-bond donors (Lipinski definition) is 0. The van der Waals surface area contributed by atoms with Gasteiger partial charge in [0.2, 0.25) is 5.95 Å². The Morgan fingerprint density at radius 2 is 1.86 bits per heavy atom. The Kier molecular flexibility index (Phi) is 3.34. The van der Waals surface area contributed by atoms with Gasteiger partial charge in [-0.05, 0) is 25.0 Å². The fourth-order valence-electron chi connectivity index (χ4n) is 2.67. The van der Waals surface area contributed by atoms with Gasteiger partial charge in [-0.1, -0.05) is 18.2 Å². The number of anilines is 1. The average Bonchev–Trinajstić information content (AvgIpc) is 3.23. The lowest BCUT2D eigenvalue weighted by molar-refractivity contribution is 0.240. The summed E-state index contributed by atoms with van der Waals surface area (Å²) < 4.78 is 7.68. The van der Waals surface area contributed by atoms with E-state index in [-0.39, 0.29) is 0 Å². The molecule has 1 fully saturated rings. The number of hydrogen-bond acceptors (Lipinski definition) is 5. The summed E-state index contributed by atoms with van der Waals surface area (Å²) in [5.74, 6) is 1.62. The van der Waals surface area contributed by atoms with Crippen LogP contribution < -0.4 is 9.64 Å². The molecule has 0 N–H and O–H groups in total. The summed E-state index contributed by atoms with van der Waals surface area (Å²) in [7, 11) is 0. The Labute approximate surface area is 128 Å². The SMILES string of the molecule is c1ccc(OCn2cnc3cnc(N4CCCC4)nc32)cc1. The van der Waals surface area contributed by atoms with E-state index in [0.717, 1.165) is 36.0 Å². The fourth-order valence-corrected chi connectivity index (χ4v) is 2.67. The fraction of sp³-hybridized carbons (Fsp3) is 0.312. The van der Waals surface area contributed by atoms with E-state index in [4.69, 9.17) is 4.74 Å². The van der Waals surface area contributed by atoms with Crippen molar-refractivity contribution < 1.29 is 4.74 Å². The summed E-state index contributed by atoms with van der Waals surface area (Å²) in [6, 6.07) is 9.74. The number of imidazole rings is 1. The maximum atomic E-state index is 5.77. The Balaban J connectivity index is 1.59. The van der Waals surface area contributed by atoms with E-state index in [9.17, 15) is 0 Å².